The van der Waals surface area contributed by atoms with Crippen molar-refractivity contribution in [1.29, 1.82) is 10.5 Å². The third-order valence-corrected chi connectivity index (χ3v) is 4.85. The van der Waals surface area contributed by atoms with Crippen molar-refractivity contribution in [2.75, 3.05) is 7.11 Å². The molecule has 0 saturated carbocycles. The third kappa shape index (κ3) is 2.82. The van der Waals surface area contributed by atoms with Gasteiger partial charge in [-0.15, -0.1) is 6.58 Å². The van der Waals surface area contributed by atoms with E-state index in [2.05, 4.69) is 6.58 Å². The average molecular weight is 371 g/mol. The lowest BCUT2D eigenvalue weighted by molar-refractivity contribution is 0.0508. The molecule has 2 amide bonds. The van der Waals surface area contributed by atoms with Crippen LogP contribution in [0.25, 0.3) is 0 Å². The van der Waals surface area contributed by atoms with E-state index in [1.807, 2.05) is 12.1 Å². The lowest BCUT2D eigenvalue weighted by Gasteiger charge is -2.34. The second kappa shape index (κ2) is 7.38. The fraction of sp³-hybridized carbons (Fsp3) is 0.182. The van der Waals surface area contributed by atoms with Crippen LogP contribution in [-0.2, 0) is 0 Å². The number of hydrogen-bond donors (Lipinski definition) is 0. The van der Waals surface area contributed by atoms with Crippen molar-refractivity contribution in [3.05, 3.63) is 77.9 Å². The van der Waals surface area contributed by atoms with E-state index in [-0.39, 0.29) is 17.5 Å². The number of fused-ring (bicyclic) bond motifs is 1. The summed E-state index contributed by atoms with van der Waals surface area (Å²) in [4.78, 5) is 27.1. The van der Waals surface area contributed by atoms with Gasteiger partial charge in [-0.1, -0.05) is 30.3 Å². The smallest absolute Gasteiger partial charge is 0.262 e. The summed E-state index contributed by atoms with van der Waals surface area (Å²) in [5.41, 5.74) is -0.673. The average Bonchev–Trinajstić information content (AvgIpc) is 2.99. The molecule has 1 aliphatic heterocycles. The Morgan fingerprint density at radius 1 is 1.07 bits per heavy atom. The Labute approximate surface area is 162 Å². The van der Waals surface area contributed by atoms with Crippen LogP contribution in [0.15, 0.2) is 61.2 Å². The highest BCUT2D eigenvalue weighted by atomic mass is 16.5. The molecule has 6 nitrogen and oxygen atoms in total. The van der Waals surface area contributed by atoms with Gasteiger partial charge >= 0.3 is 0 Å². The Hall–Kier alpha value is -3.90. The summed E-state index contributed by atoms with van der Waals surface area (Å²) in [5.74, 6) is -0.478. The summed E-state index contributed by atoms with van der Waals surface area (Å²) >= 11 is 0. The predicted molar refractivity (Wildman–Crippen MR) is 101 cm³/mol. The molecule has 0 spiro atoms. The van der Waals surface area contributed by atoms with Crippen LogP contribution >= 0.6 is 0 Å². The van der Waals surface area contributed by atoms with E-state index in [4.69, 9.17) is 4.74 Å². The Balaban J connectivity index is 2.21. The molecule has 1 atom stereocenters. The van der Waals surface area contributed by atoms with Crippen LogP contribution in [-0.4, -0.2) is 23.8 Å². The first-order valence-corrected chi connectivity index (χ1v) is 8.57. The van der Waals surface area contributed by atoms with Gasteiger partial charge in [0.2, 0.25) is 0 Å². The van der Waals surface area contributed by atoms with Crippen molar-refractivity contribution >= 4 is 11.8 Å². The number of amides is 2. The maximum Gasteiger partial charge on any atom is 0.262 e. The monoisotopic (exact) mass is 371 g/mol. The molecular weight excluding hydrogens is 354 g/mol. The van der Waals surface area contributed by atoms with Gasteiger partial charge in [0.25, 0.3) is 11.8 Å². The van der Waals surface area contributed by atoms with Crippen molar-refractivity contribution in [3.63, 3.8) is 0 Å². The molecule has 0 aromatic heterocycles. The minimum absolute atomic E-state index is 0.00982. The van der Waals surface area contributed by atoms with Crippen LogP contribution < -0.4 is 4.74 Å². The van der Waals surface area contributed by atoms with Crippen molar-refractivity contribution < 1.29 is 14.3 Å². The maximum absolute atomic E-state index is 13.1. The summed E-state index contributed by atoms with van der Waals surface area (Å²) < 4.78 is 5.16. The molecule has 0 aliphatic carbocycles. The molecule has 0 bridgehead atoms. The SMILES string of the molecule is C=CCC(C#N)(C#N)C(c1ccc(OC)cc1)N1C(=O)c2ccccc2C1=O. The number of hydrogen-bond acceptors (Lipinski definition) is 5. The quantitative estimate of drug-likeness (QED) is 0.571. The topological polar surface area (TPSA) is 94.2 Å². The Morgan fingerprint density at radius 2 is 1.61 bits per heavy atom. The fourth-order valence-electron chi connectivity index (χ4n) is 3.46. The number of imide groups is 1. The highest BCUT2D eigenvalue weighted by Gasteiger charge is 2.50. The molecule has 3 rings (SSSR count). The van der Waals surface area contributed by atoms with E-state index in [0.29, 0.717) is 11.3 Å². The van der Waals surface area contributed by atoms with Gasteiger partial charge in [-0.05, 0) is 36.2 Å². The molecule has 1 heterocycles. The zero-order valence-electron chi connectivity index (χ0n) is 15.3. The Kier molecular flexibility index (Phi) is 4.98. The van der Waals surface area contributed by atoms with Crippen LogP contribution in [0.2, 0.25) is 0 Å². The minimum atomic E-state index is -1.68. The number of benzene rings is 2. The highest BCUT2D eigenvalue weighted by molar-refractivity contribution is 6.21. The van der Waals surface area contributed by atoms with Crippen LogP contribution in [0, 0.1) is 28.1 Å². The van der Waals surface area contributed by atoms with Crippen LogP contribution in [0.1, 0.15) is 38.7 Å². The van der Waals surface area contributed by atoms with Crippen LogP contribution in [0.3, 0.4) is 0 Å². The number of carbonyl (C=O) groups is 2. The summed E-state index contributed by atoms with van der Waals surface area (Å²) in [6.07, 6.45) is 1.44. The van der Waals surface area contributed by atoms with E-state index in [1.54, 1.807) is 48.5 Å². The number of nitrogens with zero attached hydrogens (tertiary/aromatic N) is 3. The number of rotatable bonds is 6. The van der Waals surface area contributed by atoms with Gasteiger partial charge in [0, 0.05) is 0 Å². The summed E-state index contributed by atoms with van der Waals surface area (Å²) in [7, 11) is 1.52. The van der Waals surface area contributed by atoms with Gasteiger partial charge in [0.15, 0.2) is 5.41 Å². The Morgan fingerprint density at radius 3 is 2.04 bits per heavy atom. The van der Waals surface area contributed by atoms with Gasteiger partial charge in [-0.25, -0.2) is 0 Å². The lowest BCUT2D eigenvalue weighted by Crippen LogP contribution is -2.43. The normalized spacial score (nSPS) is 14.0. The zero-order valence-corrected chi connectivity index (χ0v) is 15.3. The first-order chi connectivity index (χ1) is 13.5. The zero-order chi connectivity index (χ0) is 20.3. The van der Waals surface area contributed by atoms with Crippen molar-refractivity contribution in [3.8, 4) is 17.9 Å². The van der Waals surface area contributed by atoms with Crippen molar-refractivity contribution in [2.45, 2.75) is 12.5 Å². The van der Waals surface area contributed by atoms with Gasteiger partial charge in [0.1, 0.15) is 5.75 Å². The van der Waals surface area contributed by atoms with Crippen LogP contribution in [0.4, 0.5) is 0 Å². The number of ether oxygens (including phenoxy) is 1. The predicted octanol–water partition coefficient (Wildman–Crippen LogP) is 3.64. The molecule has 1 aliphatic rings. The maximum atomic E-state index is 13.1. The number of nitriles is 2. The molecule has 0 fully saturated rings. The lowest BCUT2D eigenvalue weighted by atomic mass is 9.75. The van der Waals surface area contributed by atoms with E-state index < -0.39 is 23.3 Å². The van der Waals surface area contributed by atoms with Crippen molar-refractivity contribution in [1.82, 2.24) is 4.90 Å². The first kappa shape index (κ1) is 18.9. The van der Waals surface area contributed by atoms with Gasteiger partial charge < -0.3 is 4.74 Å². The molecule has 1 unspecified atom stereocenters. The molecule has 0 radical (unpaired) electrons. The van der Waals surface area contributed by atoms with Gasteiger partial charge in [-0.2, -0.15) is 10.5 Å². The molecule has 0 saturated heterocycles. The van der Waals surface area contributed by atoms with Gasteiger partial charge in [-0.3, -0.25) is 14.5 Å². The summed E-state index contributed by atoms with van der Waals surface area (Å²) in [6, 6.07) is 16.0. The van der Waals surface area contributed by atoms with Crippen LogP contribution in [0.5, 0.6) is 5.75 Å². The summed E-state index contributed by atoms with van der Waals surface area (Å²) in [5, 5.41) is 19.8. The van der Waals surface area contributed by atoms with Crippen molar-refractivity contribution in [2.24, 2.45) is 5.41 Å². The number of carbonyl (C=O) groups excluding carboxylic acids is 2. The number of methoxy groups -OCH3 is 1. The fourth-order valence-corrected chi connectivity index (χ4v) is 3.46. The van der Waals surface area contributed by atoms with Gasteiger partial charge in [0.05, 0.1) is 36.4 Å². The van der Waals surface area contributed by atoms with E-state index in [9.17, 15) is 20.1 Å². The second-order valence-corrected chi connectivity index (χ2v) is 6.39. The minimum Gasteiger partial charge on any atom is -0.497 e. The molecule has 2 aromatic carbocycles. The molecular formula is C22H17N3O3. The standard InChI is InChI=1S/C22H17N3O3/c1-3-12-22(13-23,14-24)19(15-8-10-16(28-2)11-9-15)25-20(26)17-6-4-5-7-18(17)21(25)27/h3-11,19H,1,12H2,2H3. The molecule has 6 heteroatoms. The summed E-state index contributed by atoms with van der Waals surface area (Å²) in [6.45, 7) is 3.64. The van der Waals surface area contributed by atoms with E-state index >= 15 is 0 Å². The second-order valence-electron chi connectivity index (χ2n) is 6.39. The number of allylic oxidation sites excluding steroid dienone is 1. The molecule has 2 aromatic rings. The van der Waals surface area contributed by atoms with E-state index in [1.165, 1.54) is 13.2 Å². The largest absolute Gasteiger partial charge is 0.497 e. The molecule has 138 valence electrons. The molecule has 28 heavy (non-hydrogen) atoms. The Bertz CT molecular complexity index is 979. The first-order valence-electron chi connectivity index (χ1n) is 8.57. The van der Waals surface area contributed by atoms with E-state index in [0.717, 1.165) is 4.90 Å². The molecule has 0 N–H and O–H groups in total. The third-order valence-electron chi connectivity index (χ3n) is 4.85. The highest BCUT2D eigenvalue weighted by Crippen LogP contribution is 2.44.